The Morgan fingerprint density at radius 2 is 2.09 bits per heavy atom. The van der Waals surface area contributed by atoms with E-state index in [0.717, 1.165) is 11.1 Å². The predicted octanol–water partition coefficient (Wildman–Crippen LogP) is 3.55. The highest BCUT2D eigenvalue weighted by Crippen LogP contribution is 2.30. The second-order valence-electron chi connectivity index (χ2n) is 8.16. The highest BCUT2D eigenvalue weighted by Gasteiger charge is 2.34. The van der Waals surface area contributed by atoms with Gasteiger partial charge in [0.2, 0.25) is 5.95 Å². The van der Waals surface area contributed by atoms with Gasteiger partial charge in [0, 0.05) is 24.2 Å². The zero-order valence-electron chi connectivity index (χ0n) is 18.4. The summed E-state index contributed by atoms with van der Waals surface area (Å²) in [5, 5.41) is 6.03. The molecule has 0 radical (unpaired) electrons. The van der Waals surface area contributed by atoms with Gasteiger partial charge in [-0.3, -0.25) is 14.6 Å². The molecule has 1 atom stereocenters. The number of rotatable bonds is 6. The number of aromatic nitrogens is 3. The number of carbonyl (C=O) groups is 2. The molecular weight excluding hydrogens is 459 g/mol. The number of nitrogens with zero attached hydrogens (tertiary/aromatic N) is 4. The van der Waals surface area contributed by atoms with Crippen LogP contribution in [0.3, 0.4) is 0 Å². The number of halogens is 1. The maximum Gasteiger partial charge on any atom is 0.274 e. The summed E-state index contributed by atoms with van der Waals surface area (Å²) in [5.41, 5.74) is 2.04. The lowest BCUT2D eigenvalue weighted by Crippen LogP contribution is -2.61. The monoisotopic (exact) mass is 480 g/mol. The number of hydrogen-bond acceptors (Lipinski definition) is 8. The van der Waals surface area contributed by atoms with Gasteiger partial charge < -0.3 is 20.0 Å². The summed E-state index contributed by atoms with van der Waals surface area (Å²) in [6.45, 7) is 4.55. The molecular formula is C23H21FN6O3S. The van der Waals surface area contributed by atoms with Crippen LogP contribution < -0.4 is 10.6 Å². The van der Waals surface area contributed by atoms with Crippen LogP contribution in [0.4, 0.5) is 10.3 Å². The molecule has 0 aliphatic carbocycles. The predicted molar refractivity (Wildman–Crippen MR) is 124 cm³/mol. The molecule has 2 N–H and O–H groups in total. The first-order valence-electron chi connectivity index (χ1n) is 10.6. The number of carbonyl (C=O) groups excluding carboxylic acids is 2. The van der Waals surface area contributed by atoms with Crippen molar-refractivity contribution in [3.63, 3.8) is 0 Å². The summed E-state index contributed by atoms with van der Waals surface area (Å²) in [5.74, 6) is -0.627. The molecule has 0 aromatic carbocycles. The average Bonchev–Trinajstić information content (AvgIpc) is 3.44. The van der Waals surface area contributed by atoms with Crippen molar-refractivity contribution < 1.29 is 18.4 Å². The minimum Gasteiger partial charge on any atom is -0.472 e. The highest BCUT2D eigenvalue weighted by molar-refractivity contribution is 7.19. The van der Waals surface area contributed by atoms with Crippen LogP contribution in [0.2, 0.25) is 0 Å². The standard InChI is InChI=1S/C23H21FN6O3S/c1-12-5-18-20(34-12)19(29-23(28-18)26-13(2)15-6-16(24)8-25-7-15)22(32)30-9-17(10-30)27-21(31)14-3-4-33-11-14/h3-8,11,13,17H,9-10H2,1-2H3,(H,27,31)(H,26,28,29)/t13-/m0/s1. The van der Waals surface area contributed by atoms with Crippen LogP contribution >= 0.6 is 11.3 Å². The van der Waals surface area contributed by atoms with Crippen molar-refractivity contribution in [1.29, 1.82) is 0 Å². The van der Waals surface area contributed by atoms with E-state index in [0.29, 0.717) is 40.1 Å². The molecule has 9 nitrogen and oxygen atoms in total. The third kappa shape index (κ3) is 4.34. The largest absolute Gasteiger partial charge is 0.472 e. The van der Waals surface area contributed by atoms with Crippen LogP contribution in [0.1, 0.15) is 44.3 Å². The number of nitrogens with one attached hydrogen (secondary N) is 2. The molecule has 5 heterocycles. The van der Waals surface area contributed by atoms with Gasteiger partial charge >= 0.3 is 0 Å². The Balaban J connectivity index is 1.33. The quantitative estimate of drug-likeness (QED) is 0.434. The maximum atomic E-state index is 13.6. The Hall–Kier alpha value is -3.86. The van der Waals surface area contributed by atoms with Crippen molar-refractivity contribution >= 4 is 39.3 Å². The van der Waals surface area contributed by atoms with Crippen molar-refractivity contribution in [3.8, 4) is 0 Å². The zero-order valence-corrected chi connectivity index (χ0v) is 19.2. The van der Waals surface area contributed by atoms with Crippen LogP contribution in [0.25, 0.3) is 10.2 Å². The number of furan rings is 1. The third-order valence-corrected chi connectivity index (χ3v) is 6.60. The fourth-order valence-corrected chi connectivity index (χ4v) is 4.68. The van der Waals surface area contributed by atoms with Gasteiger partial charge in [0.25, 0.3) is 11.8 Å². The molecule has 2 amide bonds. The average molecular weight is 481 g/mol. The number of hydrogen-bond donors (Lipinski definition) is 2. The van der Waals surface area contributed by atoms with E-state index in [4.69, 9.17) is 4.42 Å². The molecule has 5 rings (SSSR count). The van der Waals surface area contributed by atoms with Crippen LogP contribution in [0, 0.1) is 12.7 Å². The van der Waals surface area contributed by atoms with Gasteiger partial charge in [0.15, 0.2) is 5.69 Å². The lowest BCUT2D eigenvalue weighted by atomic mass is 10.1. The van der Waals surface area contributed by atoms with Crippen LogP contribution in [-0.4, -0.2) is 50.8 Å². The van der Waals surface area contributed by atoms with Gasteiger partial charge in [-0.1, -0.05) is 0 Å². The molecule has 1 fully saturated rings. The fraction of sp³-hybridized carbons (Fsp3) is 0.261. The summed E-state index contributed by atoms with van der Waals surface area (Å²) in [6, 6.07) is 4.41. The van der Waals surface area contributed by atoms with Gasteiger partial charge in [-0.05, 0) is 37.6 Å². The molecule has 1 aliphatic rings. The molecule has 0 unspecified atom stereocenters. The number of thiophene rings is 1. The van der Waals surface area contributed by atoms with Crippen LogP contribution in [0.5, 0.6) is 0 Å². The van der Waals surface area contributed by atoms with Gasteiger partial charge in [-0.25, -0.2) is 14.4 Å². The van der Waals surface area contributed by atoms with E-state index < -0.39 is 5.82 Å². The van der Waals surface area contributed by atoms with Crippen molar-refractivity contribution in [1.82, 2.24) is 25.2 Å². The van der Waals surface area contributed by atoms with Crippen LogP contribution in [-0.2, 0) is 0 Å². The lowest BCUT2D eigenvalue weighted by Gasteiger charge is -2.39. The van der Waals surface area contributed by atoms with Gasteiger partial charge in [0.1, 0.15) is 12.1 Å². The van der Waals surface area contributed by atoms with E-state index in [2.05, 4.69) is 25.6 Å². The zero-order chi connectivity index (χ0) is 23.8. The summed E-state index contributed by atoms with van der Waals surface area (Å²) < 4.78 is 19.2. The van der Waals surface area contributed by atoms with E-state index in [1.165, 1.54) is 29.9 Å². The molecule has 34 heavy (non-hydrogen) atoms. The van der Waals surface area contributed by atoms with Crippen LogP contribution in [0.15, 0.2) is 47.5 Å². The summed E-state index contributed by atoms with van der Waals surface area (Å²) in [6.07, 6.45) is 5.52. The first-order valence-corrected chi connectivity index (χ1v) is 11.5. The summed E-state index contributed by atoms with van der Waals surface area (Å²) in [7, 11) is 0. The molecule has 11 heteroatoms. The SMILES string of the molecule is Cc1cc2nc(N[C@@H](C)c3cncc(F)c3)nc(C(=O)N3CC(NC(=O)c4ccoc4)C3)c2s1. The topological polar surface area (TPSA) is 113 Å². The Morgan fingerprint density at radius 3 is 2.82 bits per heavy atom. The van der Waals surface area contributed by atoms with Gasteiger partial charge in [-0.2, -0.15) is 0 Å². The fourth-order valence-electron chi connectivity index (χ4n) is 3.75. The van der Waals surface area contributed by atoms with Crippen molar-refractivity contribution in [2.24, 2.45) is 0 Å². The number of aryl methyl sites for hydroxylation is 1. The van der Waals surface area contributed by atoms with E-state index in [-0.39, 0.29) is 29.8 Å². The van der Waals surface area contributed by atoms with Gasteiger partial charge in [-0.15, -0.1) is 11.3 Å². The lowest BCUT2D eigenvalue weighted by molar-refractivity contribution is 0.0539. The molecule has 0 bridgehead atoms. The Kier molecular flexibility index (Phi) is 5.70. The molecule has 174 valence electrons. The van der Waals surface area contributed by atoms with E-state index in [9.17, 15) is 14.0 Å². The maximum absolute atomic E-state index is 13.6. The number of anilines is 1. The molecule has 1 saturated heterocycles. The van der Waals surface area contributed by atoms with E-state index in [1.54, 1.807) is 17.2 Å². The van der Waals surface area contributed by atoms with E-state index >= 15 is 0 Å². The first kappa shape index (κ1) is 22.0. The van der Waals surface area contributed by atoms with Crippen molar-refractivity contribution in [2.45, 2.75) is 25.9 Å². The molecule has 4 aromatic heterocycles. The second-order valence-corrected chi connectivity index (χ2v) is 9.42. The number of pyridine rings is 1. The number of amides is 2. The third-order valence-electron chi connectivity index (χ3n) is 5.56. The minimum atomic E-state index is -0.431. The Labute approximate surface area is 198 Å². The molecule has 0 spiro atoms. The van der Waals surface area contributed by atoms with Crippen molar-refractivity contribution in [2.75, 3.05) is 18.4 Å². The Bertz CT molecular complexity index is 1370. The highest BCUT2D eigenvalue weighted by atomic mass is 32.1. The number of fused-ring (bicyclic) bond motifs is 1. The molecule has 1 aliphatic heterocycles. The minimum absolute atomic E-state index is 0.146. The molecule has 0 saturated carbocycles. The second kappa shape index (κ2) is 8.82. The summed E-state index contributed by atoms with van der Waals surface area (Å²) >= 11 is 1.45. The summed E-state index contributed by atoms with van der Waals surface area (Å²) in [4.78, 5) is 41.1. The molecule has 4 aromatic rings. The first-order chi connectivity index (χ1) is 16.4. The van der Waals surface area contributed by atoms with E-state index in [1.807, 2.05) is 19.9 Å². The Morgan fingerprint density at radius 1 is 1.26 bits per heavy atom. The smallest absolute Gasteiger partial charge is 0.274 e. The number of likely N-dealkylation sites (tertiary alicyclic amines) is 1. The normalized spacial score (nSPS) is 14.6. The van der Waals surface area contributed by atoms with Crippen molar-refractivity contribution in [3.05, 3.63) is 70.6 Å². The van der Waals surface area contributed by atoms with Gasteiger partial charge in [0.05, 0.1) is 40.3 Å².